The van der Waals surface area contributed by atoms with Crippen molar-refractivity contribution in [1.82, 2.24) is 4.90 Å². The predicted molar refractivity (Wildman–Crippen MR) is 78.9 cm³/mol. The van der Waals surface area contributed by atoms with Crippen molar-refractivity contribution in [2.45, 2.75) is 6.92 Å². The Morgan fingerprint density at radius 1 is 1.50 bits per heavy atom. The molecule has 0 aliphatic heterocycles. The maximum atomic E-state index is 12.0. The molecule has 0 saturated carbocycles. The van der Waals surface area contributed by atoms with E-state index < -0.39 is 5.97 Å². The molecule has 0 aliphatic rings. The average Bonchev–Trinajstić information content (AvgIpc) is 2.81. The Labute approximate surface area is 126 Å². The first-order valence-electron chi connectivity index (χ1n) is 6.05. The van der Waals surface area contributed by atoms with Crippen molar-refractivity contribution < 1.29 is 18.7 Å². The van der Waals surface area contributed by atoms with Gasteiger partial charge in [0.15, 0.2) is 4.67 Å². The monoisotopic (exact) mass is 341 g/mol. The Morgan fingerprint density at radius 2 is 2.25 bits per heavy atom. The van der Waals surface area contributed by atoms with Crippen LogP contribution in [0.4, 0.5) is 0 Å². The number of ether oxygens (including phenoxy) is 1. The van der Waals surface area contributed by atoms with Crippen LogP contribution >= 0.6 is 15.9 Å². The number of carbonyl (C=O) groups excluding carboxylic acids is 2. The van der Waals surface area contributed by atoms with Crippen molar-refractivity contribution in [2.75, 3.05) is 19.7 Å². The molecule has 0 aromatic carbocycles. The summed E-state index contributed by atoms with van der Waals surface area (Å²) < 4.78 is 10.6. The SMILES string of the molecule is C=CCN(CC(=O)OCC)C(=O)/C=C/c1ccc(Br)o1. The molecule has 108 valence electrons. The summed E-state index contributed by atoms with van der Waals surface area (Å²) in [5.41, 5.74) is 0. The maximum absolute atomic E-state index is 12.0. The highest BCUT2D eigenvalue weighted by Gasteiger charge is 2.14. The zero-order chi connectivity index (χ0) is 15.0. The first-order valence-corrected chi connectivity index (χ1v) is 6.85. The van der Waals surface area contributed by atoms with Crippen LogP contribution in [-0.2, 0) is 14.3 Å². The molecule has 1 aromatic rings. The van der Waals surface area contributed by atoms with Gasteiger partial charge in [-0.2, -0.15) is 0 Å². The summed E-state index contributed by atoms with van der Waals surface area (Å²) in [7, 11) is 0. The summed E-state index contributed by atoms with van der Waals surface area (Å²) >= 11 is 3.17. The molecule has 0 bridgehead atoms. The Kier molecular flexibility index (Phi) is 6.79. The number of nitrogens with zero attached hydrogens (tertiary/aromatic N) is 1. The van der Waals surface area contributed by atoms with E-state index in [1.165, 1.54) is 17.1 Å². The molecular weight excluding hydrogens is 326 g/mol. The molecule has 1 aromatic heterocycles. The van der Waals surface area contributed by atoms with Gasteiger partial charge in [0.05, 0.1) is 6.61 Å². The molecule has 1 amide bonds. The van der Waals surface area contributed by atoms with Gasteiger partial charge < -0.3 is 14.1 Å². The summed E-state index contributed by atoms with van der Waals surface area (Å²) in [5, 5.41) is 0. The number of carbonyl (C=O) groups is 2. The topological polar surface area (TPSA) is 59.8 Å². The first kappa shape index (κ1) is 16.2. The van der Waals surface area contributed by atoms with Gasteiger partial charge in [-0.3, -0.25) is 9.59 Å². The summed E-state index contributed by atoms with van der Waals surface area (Å²) in [4.78, 5) is 24.7. The number of hydrogen-bond acceptors (Lipinski definition) is 4. The summed E-state index contributed by atoms with van der Waals surface area (Å²) in [6, 6.07) is 3.45. The zero-order valence-corrected chi connectivity index (χ0v) is 12.8. The van der Waals surface area contributed by atoms with Gasteiger partial charge in [-0.25, -0.2) is 0 Å². The standard InChI is InChI=1S/C14H16BrNO4/c1-3-9-16(10-14(18)19-4-2)13(17)8-6-11-5-7-12(15)20-11/h3,5-8H,1,4,9-10H2,2H3/b8-6+. The van der Waals surface area contributed by atoms with Gasteiger partial charge in [0, 0.05) is 12.6 Å². The average molecular weight is 342 g/mol. The Hall–Kier alpha value is -1.82. The van der Waals surface area contributed by atoms with Gasteiger partial charge in [0.25, 0.3) is 0 Å². The molecule has 1 heterocycles. The largest absolute Gasteiger partial charge is 0.465 e. The second kappa shape index (κ2) is 8.37. The van der Waals surface area contributed by atoms with E-state index in [1.807, 2.05) is 0 Å². The van der Waals surface area contributed by atoms with E-state index in [0.717, 1.165) is 0 Å². The zero-order valence-electron chi connectivity index (χ0n) is 11.2. The molecule has 0 unspecified atom stereocenters. The molecule has 0 atom stereocenters. The normalized spacial score (nSPS) is 10.5. The molecule has 0 radical (unpaired) electrons. The van der Waals surface area contributed by atoms with Crippen molar-refractivity contribution >= 4 is 33.9 Å². The van der Waals surface area contributed by atoms with Crippen molar-refractivity contribution in [2.24, 2.45) is 0 Å². The van der Waals surface area contributed by atoms with Gasteiger partial charge in [0.2, 0.25) is 5.91 Å². The Bertz CT molecular complexity index is 507. The summed E-state index contributed by atoms with van der Waals surface area (Å²) in [6.07, 6.45) is 4.43. The number of esters is 1. The van der Waals surface area contributed by atoms with E-state index in [2.05, 4.69) is 22.5 Å². The number of rotatable bonds is 7. The maximum Gasteiger partial charge on any atom is 0.325 e. The quantitative estimate of drug-likeness (QED) is 0.434. The first-order chi connectivity index (χ1) is 9.56. The number of furan rings is 1. The second-order valence-corrected chi connectivity index (χ2v) is 4.57. The molecule has 6 heteroatoms. The highest BCUT2D eigenvalue weighted by atomic mass is 79.9. The lowest BCUT2D eigenvalue weighted by Crippen LogP contribution is -2.35. The molecule has 1 rings (SSSR count). The fourth-order valence-corrected chi connectivity index (χ4v) is 1.75. The molecule has 5 nitrogen and oxygen atoms in total. The third kappa shape index (κ3) is 5.44. The highest BCUT2D eigenvalue weighted by molar-refractivity contribution is 9.10. The van der Waals surface area contributed by atoms with Crippen LogP contribution in [0.1, 0.15) is 12.7 Å². The van der Waals surface area contributed by atoms with Crippen LogP contribution in [0.5, 0.6) is 0 Å². The van der Waals surface area contributed by atoms with Gasteiger partial charge in [-0.1, -0.05) is 6.08 Å². The molecule has 0 N–H and O–H groups in total. The molecule has 0 fully saturated rings. The number of amides is 1. The van der Waals surface area contributed by atoms with E-state index >= 15 is 0 Å². The van der Waals surface area contributed by atoms with Crippen molar-refractivity contribution in [1.29, 1.82) is 0 Å². The van der Waals surface area contributed by atoms with E-state index in [9.17, 15) is 9.59 Å². The molecular formula is C14H16BrNO4. The van der Waals surface area contributed by atoms with Gasteiger partial charge in [-0.05, 0) is 41.1 Å². The lowest BCUT2D eigenvalue weighted by Gasteiger charge is -2.17. The lowest BCUT2D eigenvalue weighted by atomic mass is 10.3. The molecule has 0 aliphatic carbocycles. The van der Waals surface area contributed by atoms with Gasteiger partial charge in [0.1, 0.15) is 12.3 Å². The van der Waals surface area contributed by atoms with Crippen molar-refractivity contribution in [3.05, 3.63) is 41.3 Å². The van der Waals surface area contributed by atoms with E-state index in [-0.39, 0.29) is 25.6 Å². The van der Waals surface area contributed by atoms with Gasteiger partial charge in [-0.15, -0.1) is 6.58 Å². The van der Waals surface area contributed by atoms with Crippen LogP contribution in [0.3, 0.4) is 0 Å². The summed E-state index contributed by atoms with van der Waals surface area (Å²) in [5.74, 6) is -0.220. The van der Waals surface area contributed by atoms with E-state index in [4.69, 9.17) is 9.15 Å². The van der Waals surface area contributed by atoms with Crippen molar-refractivity contribution in [3.8, 4) is 0 Å². The van der Waals surface area contributed by atoms with E-state index in [0.29, 0.717) is 10.4 Å². The molecule has 20 heavy (non-hydrogen) atoms. The van der Waals surface area contributed by atoms with Crippen LogP contribution < -0.4 is 0 Å². The van der Waals surface area contributed by atoms with Crippen LogP contribution in [0.15, 0.2) is 40.0 Å². The minimum atomic E-state index is -0.447. The summed E-state index contributed by atoms with van der Waals surface area (Å²) in [6.45, 7) is 5.72. The Balaban J connectivity index is 2.65. The fourth-order valence-electron chi connectivity index (χ4n) is 1.43. The predicted octanol–water partition coefficient (Wildman–Crippen LogP) is 2.63. The third-order valence-electron chi connectivity index (χ3n) is 2.27. The number of hydrogen-bond donors (Lipinski definition) is 0. The van der Waals surface area contributed by atoms with Crippen LogP contribution in [0.2, 0.25) is 0 Å². The minimum absolute atomic E-state index is 0.106. The highest BCUT2D eigenvalue weighted by Crippen LogP contribution is 2.15. The minimum Gasteiger partial charge on any atom is -0.465 e. The van der Waals surface area contributed by atoms with Gasteiger partial charge >= 0.3 is 5.97 Å². The fraction of sp³-hybridized carbons (Fsp3) is 0.286. The van der Waals surface area contributed by atoms with Crippen molar-refractivity contribution in [3.63, 3.8) is 0 Å². The molecule has 0 spiro atoms. The second-order valence-electron chi connectivity index (χ2n) is 3.79. The third-order valence-corrected chi connectivity index (χ3v) is 2.70. The Morgan fingerprint density at radius 3 is 2.80 bits per heavy atom. The molecule has 0 saturated heterocycles. The lowest BCUT2D eigenvalue weighted by molar-refractivity contribution is -0.147. The van der Waals surface area contributed by atoms with E-state index in [1.54, 1.807) is 25.1 Å². The number of halogens is 1. The van der Waals surface area contributed by atoms with Crippen LogP contribution in [0, 0.1) is 0 Å². The smallest absolute Gasteiger partial charge is 0.325 e. The van der Waals surface area contributed by atoms with Crippen LogP contribution in [0.25, 0.3) is 6.08 Å². The van der Waals surface area contributed by atoms with Crippen LogP contribution in [-0.4, -0.2) is 36.5 Å².